The summed E-state index contributed by atoms with van der Waals surface area (Å²) in [6, 6.07) is 18.2. The van der Waals surface area contributed by atoms with Gasteiger partial charge in [-0.15, -0.1) is 0 Å². The molecule has 140 valence electrons. The standard InChI is InChI=1S/C22H16Cl2N2O2/c1-2-13-3-5-14(6-4-13)22-26-19-12-16(8-10-20(19)28-22)25-21(27)17-9-7-15(23)11-18(17)24/h3-12H,2H2,1H3,(H,25,27). The number of fused-ring (bicyclic) bond motifs is 1. The molecule has 0 fully saturated rings. The van der Waals surface area contributed by atoms with E-state index in [2.05, 4.69) is 29.4 Å². The summed E-state index contributed by atoms with van der Waals surface area (Å²) >= 11 is 12.0. The van der Waals surface area contributed by atoms with Gasteiger partial charge in [0.2, 0.25) is 5.89 Å². The molecule has 0 aliphatic carbocycles. The Balaban J connectivity index is 1.59. The van der Waals surface area contributed by atoms with Crippen LogP contribution in [0.2, 0.25) is 10.0 Å². The van der Waals surface area contributed by atoms with Gasteiger partial charge in [-0.3, -0.25) is 4.79 Å². The first-order chi connectivity index (χ1) is 13.5. The molecule has 4 rings (SSSR count). The van der Waals surface area contributed by atoms with E-state index in [1.165, 1.54) is 11.6 Å². The van der Waals surface area contributed by atoms with E-state index in [0.717, 1.165) is 12.0 Å². The number of aromatic nitrogens is 1. The number of carbonyl (C=O) groups excluding carboxylic acids is 1. The maximum Gasteiger partial charge on any atom is 0.257 e. The second-order valence-corrected chi connectivity index (χ2v) is 7.17. The second-order valence-electron chi connectivity index (χ2n) is 6.33. The Labute approximate surface area is 172 Å². The van der Waals surface area contributed by atoms with Crippen LogP contribution in [0.1, 0.15) is 22.8 Å². The molecular weight excluding hydrogens is 395 g/mol. The number of carbonyl (C=O) groups is 1. The number of nitrogens with zero attached hydrogens (tertiary/aromatic N) is 1. The first-order valence-corrected chi connectivity index (χ1v) is 9.55. The second kappa shape index (κ2) is 7.66. The molecule has 0 unspecified atom stereocenters. The lowest BCUT2D eigenvalue weighted by molar-refractivity contribution is 0.102. The Morgan fingerprint density at radius 2 is 1.82 bits per heavy atom. The highest BCUT2D eigenvalue weighted by molar-refractivity contribution is 6.37. The summed E-state index contributed by atoms with van der Waals surface area (Å²) in [5.41, 5.74) is 4.43. The van der Waals surface area contributed by atoms with E-state index < -0.39 is 0 Å². The third-order valence-electron chi connectivity index (χ3n) is 4.43. The lowest BCUT2D eigenvalue weighted by Crippen LogP contribution is -2.12. The molecule has 0 bridgehead atoms. The number of benzene rings is 3. The van der Waals surface area contributed by atoms with E-state index in [0.29, 0.717) is 38.3 Å². The van der Waals surface area contributed by atoms with Crippen LogP contribution in [-0.2, 0) is 6.42 Å². The van der Waals surface area contributed by atoms with Crippen molar-refractivity contribution in [3.63, 3.8) is 0 Å². The molecule has 0 saturated heterocycles. The fourth-order valence-electron chi connectivity index (χ4n) is 2.88. The van der Waals surface area contributed by atoms with Crippen molar-refractivity contribution in [2.24, 2.45) is 0 Å². The molecule has 1 aromatic heterocycles. The summed E-state index contributed by atoms with van der Waals surface area (Å²) in [6.07, 6.45) is 0.981. The average Bonchev–Trinajstić information content (AvgIpc) is 3.11. The van der Waals surface area contributed by atoms with E-state index in [1.54, 1.807) is 30.3 Å². The van der Waals surface area contributed by atoms with Crippen LogP contribution in [-0.4, -0.2) is 10.9 Å². The Morgan fingerprint density at radius 1 is 1.04 bits per heavy atom. The summed E-state index contributed by atoms with van der Waals surface area (Å²) in [5.74, 6) is 0.224. The van der Waals surface area contributed by atoms with E-state index in [4.69, 9.17) is 27.6 Å². The molecule has 0 spiro atoms. The molecule has 4 nitrogen and oxygen atoms in total. The summed E-state index contributed by atoms with van der Waals surface area (Å²) in [5, 5.41) is 3.60. The van der Waals surface area contributed by atoms with Gasteiger partial charge < -0.3 is 9.73 Å². The molecule has 1 amide bonds. The first kappa shape index (κ1) is 18.5. The van der Waals surface area contributed by atoms with Crippen molar-refractivity contribution in [3.8, 4) is 11.5 Å². The van der Waals surface area contributed by atoms with Gasteiger partial charge in [0.05, 0.1) is 10.6 Å². The maximum atomic E-state index is 12.5. The van der Waals surface area contributed by atoms with Crippen molar-refractivity contribution in [2.75, 3.05) is 5.32 Å². The summed E-state index contributed by atoms with van der Waals surface area (Å²) in [6.45, 7) is 2.11. The number of rotatable bonds is 4. The number of hydrogen-bond donors (Lipinski definition) is 1. The number of amides is 1. The average molecular weight is 411 g/mol. The Morgan fingerprint density at radius 3 is 2.54 bits per heavy atom. The topological polar surface area (TPSA) is 55.1 Å². The predicted molar refractivity (Wildman–Crippen MR) is 113 cm³/mol. The largest absolute Gasteiger partial charge is 0.436 e. The lowest BCUT2D eigenvalue weighted by atomic mass is 10.1. The van der Waals surface area contributed by atoms with Crippen molar-refractivity contribution in [3.05, 3.63) is 81.8 Å². The minimum atomic E-state index is -0.320. The van der Waals surface area contributed by atoms with Crippen molar-refractivity contribution in [1.82, 2.24) is 4.98 Å². The summed E-state index contributed by atoms with van der Waals surface area (Å²) in [7, 11) is 0. The highest BCUT2D eigenvalue weighted by atomic mass is 35.5. The summed E-state index contributed by atoms with van der Waals surface area (Å²) < 4.78 is 5.84. The van der Waals surface area contributed by atoms with Crippen LogP contribution in [0.4, 0.5) is 5.69 Å². The zero-order valence-corrected chi connectivity index (χ0v) is 16.5. The van der Waals surface area contributed by atoms with Gasteiger partial charge in [-0.25, -0.2) is 4.98 Å². The van der Waals surface area contributed by atoms with Crippen LogP contribution in [0.3, 0.4) is 0 Å². The zero-order valence-electron chi connectivity index (χ0n) is 15.0. The van der Waals surface area contributed by atoms with E-state index in [9.17, 15) is 4.79 Å². The number of anilines is 1. The van der Waals surface area contributed by atoms with Gasteiger partial charge in [0.25, 0.3) is 5.91 Å². The molecule has 28 heavy (non-hydrogen) atoms. The highest BCUT2D eigenvalue weighted by Gasteiger charge is 2.13. The monoisotopic (exact) mass is 410 g/mol. The van der Waals surface area contributed by atoms with Crippen molar-refractivity contribution in [1.29, 1.82) is 0 Å². The Bertz CT molecular complexity index is 1170. The quantitative estimate of drug-likeness (QED) is 0.411. The van der Waals surface area contributed by atoms with Gasteiger partial charge >= 0.3 is 0 Å². The Kier molecular flexibility index (Phi) is 5.07. The van der Waals surface area contributed by atoms with Gasteiger partial charge in [0.1, 0.15) is 5.52 Å². The van der Waals surface area contributed by atoms with Gasteiger partial charge in [-0.1, -0.05) is 42.3 Å². The van der Waals surface area contributed by atoms with Crippen LogP contribution >= 0.6 is 23.2 Å². The first-order valence-electron chi connectivity index (χ1n) is 8.80. The van der Waals surface area contributed by atoms with Crippen LogP contribution in [0.15, 0.2) is 65.1 Å². The van der Waals surface area contributed by atoms with E-state index in [-0.39, 0.29) is 5.91 Å². The van der Waals surface area contributed by atoms with E-state index in [1.807, 2.05) is 12.1 Å². The van der Waals surface area contributed by atoms with Crippen LogP contribution in [0, 0.1) is 0 Å². The van der Waals surface area contributed by atoms with Gasteiger partial charge in [-0.05, 0) is 60.5 Å². The van der Waals surface area contributed by atoms with Gasteiger partial charge in [-0.2, -0.15) is 0 Å². The molecule has 3 aromatic carbocycles. The lowest BCUT2D eigenvalue weighted by Gasteiger charge is -2.06. The number of oxazole rings is 1. The van der Waals surface area contributed by atoms with Crippen LogP contribution in [0.25, 0.3) is 22.6 Å². The van der Waals surface area contributed by atoms with Crippen molar-refractivity contribution in [2.45, 2.75) is 13.3 Å². The molecular formula is C22H16Cl2N2O2. The molecule has 0 atom stereocenters. The highest BCUT2D eigenvalue weighted by Crippen LogP contribution is 2.27. The number of halogens is 2. The van der Waals surface area contributed by atoms with Crippen LogP contribution < -0.4 is 5.32 Å². The molecule has 6 heteroatoms. The molecule has 1 N–H and O–H groups in total. The fraction of sp³-hybridized carbons (Fsp3) is 0.0909. The third-order valence-corrected chi connectivity index (χ3v) is 4.98. The molecule has 0 aliphatic heterocycles. The number of hydrogen-bond acceptors (Lipinski definition) is 3. The maximum absolute atomic E-state index is 12.5. The molecule has 0 saturated carbocycles. The SMILES string of the molecule is CCc1ccc(-c2nc3cc(NC(=O)c4ccc(Cl)cc4Cl)ccc3o2)cc1. The molecule has 1 heterocycles. The number of aryl methyl sites for hydroxylation is 1. The predicted octanol–water partition coefficient (Wildman–Crippen LogP) is 6.62. The van der Waals surface area contributed by atoms with Crippen molar-refractivity contribution >= 4 is 45.9 Å². The molecule has 0 radical (unpaired) electrons. The normalized spacial score (nSPS) is 11.0. The fourth-order valence-corrected chi connectivity index (χ4v) is 3.38. The molecule has 4 aromatic rings. The van der Waals surface area contributed by atoms with E-state index >= 15 is 0 Å². The molecule has 0 aliphatic rings. The van der Waals surface area contributed by atoms with Gasteiger partial charge in [0, 0.05) is 16.3 Å². The zero-order chi connectivity index (χ0) is 19.7. The minimum Gasteiger partial charge on any atom is -0.436 e. The van der Waals surface area contributed by atoms with Crippen LogP contribution in [0.5, 0.6) is 0 Å². The third kappa shape index (κ3) is 3.75. The number of nitrogens with one attached hydrogen (secondary N) is 1. The van der Waals surface area contributed by atoms with Gasteiger partial charge in [0.15, 0.2) is 5.58 Å². The Hall–Kier alpha value is -2.82. The van der Waals surface area contributed by atoms with Crippen molar-refractivity contribution < 1.29 is 9.21 Å². The summed E-state index contributed by atoms with van der Waals surface area (Å²) in [4.78, 5) is 17.0. The minimum absolute atomic E-state index is 0.297. The smallest absolute Gasteiger partial charge is 0.257 e.